The largest absolute Gasteiger partial charge is 0.401 e. The van der Waals surface area contributed by atoms with Crippen molar-refractivity contribution < 1.29 is 18.0 Å². The number of amidine groups is 1. The minimum atomic E-state index is -4.58. The summed E-state index contributed by atoms with van der Waals surface area (Å²) in [6.45, 7) is 6.30. The van der Waals surface area contributed by atoms with Crippen LogP contribution in [0.15, 0.2) is 40.5 Å². The molecule has 6 N–H and O–H groups in total. The highest BCUT2D eigenvalue weighted by molar-refractivity contribution is 6.20. The van der Waals surface area contributed by atoms with Crippen LogP contribution >= 0.6 is 0 Å². The van der Waals surface area contributed by atoms with Gasteiger partial charge < -0.3 is 17.2 Å². The number of carbonyl (C=O) groups is 1. The number of halogens is 3. The maximum atomic E-state index is 12.6. The van der Waals surface area contributed by atoms with E-state index in [0.717, 1.165) is 24.0 Å². The number of allylic oxidation sites excluding steroid dienone is 1. The standard InChI is InChI=1S/C20H27F3N4O/c1-19(2,3)13-8-6-12(7-9-13)16(11-4-5-11)27-17(25)15(18(26)28)14(24)10-20(21,22)23/h6-9,11,16H,4-5,10,24H2,1-3H3,(H2,25,27)(H2,26,28). The van der Waals surface area contributed by atoms with E-state index in [9.17, 15) is 18.0 Å². The van der Waals surface area contributed by atoms with Crippen molar-refractivity contribution in [1.82, 2.24) is 0 Å². The van der Waals surface area contributed by atoms with Crippen molar-refractivity contribution >= 4 is 11.7 Å². The molecule has 0 aromatic heterocycles. The fourth-order valence-electron chi connectivity index (χ4n) is 3.01. The van der Waals surface area contributed by atoms with Crippen LogP contribution in [0.2, 0.25) is 0 Å². The van der Waals surface area contributed by atoms with E-state index >= 15 is 0 Å². The summed E-state index contributed by atoms with van der Waals surface area (Å²) in [5.41, 5.74) is 17.3. The first kappa shape index (κ1) is 21.8. The monoisotopic (exact) mass is 396 g/mol. The molecule has 8 heteroatoms. The van der Waals surface area contributed by atoms with Gasteiger partial charge in [0.25, 0.3) is 5.91 Å². The van der Waals surface area contributed by atoms with E-state index in [2.05, 4.69) is 25.8 Å². The van der Waals surface area contributed by atoms with Crippen LogP contribution in [0.4, 0.5) is 13.2 Å². The first-order valence-corrected chi connectivity index (χ1v) is 9.09. The highest BCUT2D eigenvalue weighted by atomic mass is 19.4. The summed E-state index contributed by atoms with van der Waals surface area (Å²) >= 11 is 0. The Kier molecular flexibility index (Phi) is 6.11. The Morgan fingerprint density at radius 1 is 1.11 bits per heavy atom. The molecule has 5 nitrogen and oxygen atoms in total. The number of primary amides is 1. The number of amides is 1. The van der Waals surface area contributed by atoms with Crippen molar-refractivity contribution in [2.45, 2.75) is 57.7 Å². The Morgan fingerprint density at radius 2 is 1.64 bits per heavy atom. The van der Waals surface area contributed by atoms with Gasteiger partial charge in [0, 0.05) is 5.70 Å². The van der Waals surface area contributed by atoms with E-state index in [-0.39, 0.29) is 23.2 Å². The lowest BCUT2D eigenvalue weighted by atomic mass is 9.86. The predicted molar refractivity (Wildman–Crippen MR) is 103 cm³/mol. The maximum Gasteiger partial charge on any atom is 0.394 e. The van der Waals surface area contributed by atoms with E-state index in [1.165, 1.54) is 0 Å². The molecular weight excluding hydrogens is 369 g/mol. The molecule has 1 unspecified atom stereocenters. The number of nitrogens with two attached hydrogens (primary N) is 3. The van der Waals surface area contributed by atoms with Crippen molar-refractivity contribution in [2.75, 3.05) is 0 Å². The van der Waals surface area contributed by atoms with Crippen LogP contribution in [-0.4, -0.2) is 17.9 Å². The van der Waals surface area contributed by atoms with Crippen molar-refractivity contribution in [3.8, 4) is 0 Å². The topological polar surface area (TPSA) is 107 Å². The third-order valence-electron chi connectivity index (χ3n) is 4.68. The van der Waals surface area contributed by atoms with Gasteiger partial charge in [0.1, 0.15) is 5.84 Å². The number of benzene rings is 1. The molecule has 0 aliphatic heterocycles. The molecule has 2 rings (SSSR count). The number of hydrogen-bond acceptors (Lipinski definition) is 3. The van der Waals surface area contributed by atoms with E-state index in [4.69, 9.17) is 17.2 Å². The van der Waals surface area contributed by atoms with Crippen molar-refractivity contribution in [3.05, 3.63) is 46.7 Å². The molecule has 1 aromatic carbocycles. The molecule has 1 amide bonds. The Morgan fingerprint density at radius 3 is 2.04 bits per heavy atom. The second-order valence-corrected chi connectivity index (χ2v) is 8.23. The van der Waals surface area contributed by atoms with Crippen LogP contribution in [0.5, 0.6) is 0 Å². The first-order valence-electron chi connectivity index (χ1n) is 9.09. The number of aliphatic imine (C=N–C) groups is 1. The van der Waals surface area contributed by atoms with Gasteiger partial charge in [-0.15, -0.1) is 0 Å². The number of nitrogens with zero attached hydrogens (tertiary/aromatic N) is 1. The van der Waals surface area contributed by atoms with Gasteiger partial charge >= 0.3 is 6.18 Å². The second-order valence-electron chi connectivity index (χ2n) is 8.23. The van der Waals surface area contributed by atoms with Gasteiger partial charge in [-0.25, -0.2) is 0 Å². The van der Waals surface area contributed by atoms with Gasteiger partial charge in [-0.05, 0) is 35.3 Å². The molecule has 0 radical (unpaired) electrons. The molecule has 28 heavy (non-hydrogen) atoms. The molecule has 154 valence electrons. The van der Waals surface area contributed by atoms with E-state index in [1.54, 1.807) is 0 Å². The van der Waals surface area contributed by atoms with Crippen LogP contribution in [-0.2, 0) is 10.2 Å². The highest BCUT2D eigenvalue weighted by Crippen LogP contribution is 2.44. The third kappa shape index (κ3) is 5.74. The fourth-order valence-corrected chi connectivity index (χ4v) is 3.01. The smallest absolute Gasteiger partial charge is 0.394 e. The lowest BCUT2D eigenvalue weighted by Crippen LogP contribution is -2.32. The molecule has 0 saturated heterocycles. The van der Waals surface area contributed by atoms with Gasteiger partial charge in [-0.2, -0.15) is 13.2 Å². The molecule has 1 aliphatic rings. The number of carbonyl (C=O) groups excluding carboxylic acids is 1. The fraction of sp³-hybridized carbons (Fsp3) is 0.500. The molecule has 1 aliphatic carbocycles. The molecule has 0 spiro atoms. The zero-order valence-electron chi connectivity index (χ0n) is 16.3. The summed E-state index contributed by atoms with van der Waals surface area (Å²) < 4.78 is 37.9. The van der Waals surface area contributed by atoms with Crippen LogP contribution in [0, 0.1) is 5.92 Å². The molecule has 1 aromatic rings. The van der Waals surface area contributed by atoms with Gasteiger partial charge in [-0.3, -0.25) is 9.79 Å². The van der Waals surface area contributed by atoms with Crippen molar-refractivity contribution in [1.29, 1.82) is 0 Å². The zero-order chi connectivity index (χ0) is 21.3. The van der Waals surface area contributed by atoms with Gasteiger partial charge in [0.05, 0.1) is 18.0 Å². The van der Waals surface area contributed by atoms with Crippen molar-refractivity contribution in [2.24, 2.45) is 28.1 Å². The normalized spacial score (nSPS) is 17.9. The molecule has 1 saturated carbocycles. The average molecular weight is 396 g/mol. The molecule has 1 fully saturated rings. The van der Waals surface area contributed by atoms with E-state index in [0.29, 0.717) is 0 Å². The number of hydrogen-bond donors (Lipinski definition) is 3. The summed E-state index contributed by atoms with van der Waals surface area (Å²) in [4.78, 5) is 16.0. The van der Waals surface area contributed by atoms with Gasteiger partial charge in [0.2, 0.25) is 0 Å². The summed E-state index contributed by atoms with van der Waals surface area (Å²) in [5, 5.41) is 0. The SMILES string of the molecule is CC(C)(C)c1ccc(C(N=C(N)C(C(N)=O)=C(N)CC(F)(F)F)C2CC2)cc1. The van der Waals surface area contributed by atoms with E-state index < -0.39 is 29.8 Å². The van der Waals surface area contributed by atoms with Crippen LogP contribution < -0.4 is 17.2 Å². The molecule has 1 atom stereocenters. The zero-order valence-corrected chi connectivity index (χ0v) is 16.3. The Labute approximate surface area is 162 Å². The van der Waals surface area contributed by atoms with Crippen molar-refractivity contribution in [3.63, 3.8) is 0 Å². The third-order valence-corrected chi connectivity index (χ3v) is 4.68. The second kappa shape index (κ2) is 7.85. The summed E-state index contributed by atoms with van der Waals surface area (Å²) in [6.07, 6.45) is -4.20. The Balaban J connectivity index is 2.39. The van der Waals surface area contributed by atoms with E-state index in [1.807, 2.05) is 24.3 Å². The summed E-state index contributed by atoms with van der Waals surface area (Å²) in [5.74, 6) is -1.26. The molecular formula is C20H27F3N4O. The van der Waals surface area contributed by atoms with Crippen LogP contribution in [0.25, 0.3) is 0 Å². The van der Waals surface area contributed by atoms with Gasteiger partial charge in [0.15, 0.2) is 0 Å². The lowest BCUT2D eigenvalue weighted by Gasteiger charge is -2.21. The average Bonchev–Trinajstić information content (AvgIpc) is 3.34. The number of alkyl halides is 3. The number of rotatable bonds is 6. The highest BCUT2D eigenvalue weighted by Gasteiger charge is 2.34. The predicted octanol–water partition coefficient (Wildman–Crippen LogP) is 3.44. The summed E-state index contributed by atoms with van der Waals surface area (Å²) in [6, 6.07) is 7.51. The molecule has 0 heterocycles. The van der Waals surface area contributed by atoms with Gasteiger partial charge in [-0.1, -0.05) is 45.0 Å². The van der Waals surface area contributed by atoms with Crippen LogP contribution in [0.1, 0.15) is 57.2 Å². The lowest BCUT2D eigenvalue weighted by molar-refractivity contribution is -0.127. The van der Waals surface area contributed by atoms with Crippen LogP contribution in [0.3, 0.4) is 0 Å². The summed E-state index contributed by atoms with van der Waals surface area (Å²) in [7, 11) is 0. The first-order chi connectivity index (χ1) is 12.8. The maximum absolute atomic E-state index is 12.6. The minimum absolute atomic E-state index is 0.0101. The molecule has 0 bridgehead atoms. The minimum Gasteiger partial charge on any atom is -0.401 e. The quantitative estimate of drug-likeness (QED) is 0.389. The Bertz CT molecular complexity index is 785. The Hall–Kier alpha value is -2.51.